The molecule has 1 aromatic rings. The van der Waals surface area contributed by atoms with Crippen molar-refractivity contribution >= 4 is 22.4 Å². The number of rotatable bonds is 6. The summed E-state index contributed by atoms with van der Waals surface area (Å²) < 4.78 is 0. The summed E-state index contributed by atoms with van der Waals surface area (Å²) in [6, 6.07) is 0. The van der Waals surface area contributed by atoms with Crippen molar-refractivity contribution in [3.63, 3.8) is 0 Å². The first-order chi connectivity index (χ1) is 9.89. The fourth-order valence-corrected chi connectivity index (χ4v) is 3.86. The third-order valence-corrected chi connectivity index (χ3v) is 5.35. The van der Waals surface area contributed by atoms with Gasteiger partial charge in [-0.15, -0.1) is 11.3 Å². The van der Waals surface area contributed by atoms with Crippen molar-refractivity contribution < 1.29 is 9.90 Å². The second-order valence-corrected chi connectivity index (χ2v) is 7.68. The second-order valence-electron chi connectivity index (χ2n) is 6.82. The molecule has 1 fully saturated rings. The number of carboxylic acids is 1. The van der Waals surface area contributed by atoms with Crippen LogP contribution < -0.4 is 5.32 Å². The molecule has 1 heterocycles. The molecule has 0 saturated heterocycles. The lowest BCUT2D eigenvalue weighted by Crippen LogP contribution is -2.28. The number of aromatic nitrogens is 1. The molecule has 1 aliphatic rings. The van der Waals surface area contributed by atoms with E-state index in [0.29, 0.717) is 5.69 Å². The molecular weight excluding hydrogens is 284 g/mol. The number of carboxylic acid groups (broad SMARTS) is 1. The van der Waals surface area contributed by atoms with Gasteiger partial charge in [0.15, 0.2) is 5.13 Å². The number of carbonyl (C=O) groups is 1. The van der Waals surface area contributed by atoms with E-state index in [1.165, 1.54) is 43.4 Å². The van der Waals surface area contributed by atoms with E-state index in [0.717, 1.165) is 23.5 Å². The van der Waals surface area contributed by atoms with Crippen LogP contribution in [0.4, 0.5) is 5.13 Å². The molecule has 21 heavy (non-hydrogen) atoms. The van der Waals surface area contributed by atoms with Gasteiger partial charge in [-0.1, -0.05) is 26.2 Å². The van der Waals surface area contributed by atoms with Gasteiger partial charge in [0.05, 0.1) is 5.69 Å². The lowest BCUT2D eigenvalue weighted by Gasteiger charge is -2.26. The molecule has 0 spiro atoms. The number of nitrogens with one attached hydrogen (secondary N) is 1. The molecule has 2 N–H and O–H groups in total. The van der Waals surface area contributed by atoms with Crippen LogP contribution in [0, 0.1) is 11.8 Å². The highest BCUT2D eigenvalue weighted by Gasteiger charge is 2.32. The fourth-order valence-electron chi connectivity index (χ4n) is 2.96. The Hall–Kier alpha value is -1.10. The zero-order valence-corrected chi connectivity index (χ0v) is 14.0. The van der Waals surface area contributed by atoms with E-state index in [4.69, 9.17) is 0 Å². The number of hydrogen-bond acceptors (Lipinski definition) is 4. The maximum Gasteiger partial charge on any atom is 0.315 e. The normalized spacial score (nSPS) is 23.0. The zero-order chi connectivity index (χ0) is 15.5. The van der Waals surface area contributed by atoms with E-state index in [1.807, 2.05) is 5.38 Å². The van der Waals surface area contributed by atoms with Crippen molar-refractivity contribution in [2.75, 3.05) is 11.9 Å². The van der Waals surface area contributed by atoms with Gasteiger partial charge in [-0.05, 0) is 38.5 Å². The predicted octanol–water partition coefficient (Wildman–Crippen LogP) is 4.13. The molecule has 2 unspecified atom stereocenters. The first-order valence-corrected chi connectivity index (χ1v) is 8.71. The summed E-state index contributed by atoms with van der Waals surface area (Å²) in [7, 11) is 0. The van der Waals surface area contributed by atoms with Gasteiger partial charge in [-0.3, -0.25) is 4.79 Å². The number of hydrogen-bond donors (Lipinski definition) is 2. The first-order valence-electron chi connectivity index (χ1n) is 7.83. The fraction of sp³-hybridized carbons (Fsp3) is 0.750. The highest BCUT2D eigenvalue weighted by molar-refractivity contribution is 7.13. The van der Waals surface area contributed by atoms with Crippen LogP contribution in [-0.4, -0.2) is 22.6 Å². The predicted molar refractivity (Wildman–Crippen MR) is 87.0 cm³/mol. The molecule has 118 valence electrons. The van der Waals surface area contributed by atoms with Crippen LogP contribution in [0.3, 0.4) is 0 Å². The van der Waals surface area contributed by atoms with Crippen LogP contribution in [0.25, 0.3) is 0 Å². The molecule has 2 atom stereocenters. The number of nitrogens with zero attached hydrogens (tertiary/aromatic N) is 1. The molecule has 1 saturated carbocycles. The molecule has 0 aromatic carbocycles. The number of thiazole rings is 1. The SMILES string of the molecule is CC1CCCC(CCNc2nc(C(C)(C)C(=O)O)cs2)C1. The van der Waals surface area contributed by atoms with Crippen LogP contribution in [0.15, 0.2) is 5.38 Å². The minimum absolute atomic E-state index is 0.633. The Morgan fingerprint density at radius 2 is 2.29 bits per heavy atom. The zero-order valence-electron chi connectivity index (χ0n) is 13.2. The molecule has 0 aliphatic heterocycles. The Balaban J connectivity index is 1.82. The highest BCUT2D eigenvalue weighted by Crippen LogP contribution is 2.31. The number of anilines is 1. The number of aliphatic carboxylic acids is 1. The molecule has 5 heteroatoms. The highest BCUT2D eigenvalue weighted by atomic mass is 32.1. The third kappa shape index (κ3) is 4.19. The van der Waals surface area contributed by atoms with Crippen LogP contribution >= 0.6 is 11.3 Å². The van der Waals surface area contributed by atoms with E-state index >= 15 is 0 Å². The molecular formula is C16H26N2O2S. The maximum absolute atomic E-state index is 11.2. The van der Waals surface area contributed by atoms with Crippen molar-refractivity contribution in [2.24, 2.45) is 11.8 Å². The summed E-state index contributed by atoms with van der Waals surface area (Å²) in [5.41, 5.74) is -0.288. The second kappa shape index (κ2) is 6.77. The summed E-state index contributed by atoms with van der Waals surface area (Å²) >= 11 is 1.50. The van der Waals surface area contributed by atoms with Gasteiger partial charge in [0.25, 0.3) is 0 Å². The van der Waals surface area contributed by atoms with Gasteiger partial charge in [0, 0.05) is 11.9 Å². The largest absolute Gasteiger partial charge is 0.481 e. The average molecular weight is 310 g/mol. The Morgan fingerprint density at radius 1 is 1.52 bits per heavy atom. The molecule has 0 bridgehead atoms. The van der Waals surface area contributed by atoms with Crippen molar-refractivity contribution in [3.8, 4) is 0 Å². The molecule has 2 rings (SSSR count). The van der Waals surface area contributed by atoms with Gasteiger partial charge in [-0.25, -0.2) is 4.98 Å². The van der Waals surface area contributed by atoms with Gasteiger partial charge >= 0.3 is 5.97 Å². The van der Waals surface area contributed by atoms with Gasteiger partial charge in [0.2, 0.25) is 0 Å². The maximum atomic E-state index is 11.2. The first kappa shape index (κ1) is 16.3. The smallest absolute Gasteiger partial charge is 0.315 e. The molecule has 0 radical (unpaired) electrons. The van der Waals surface area contributed by atoms with E-state index in [2.05, 4.69) is 17.2 Å². The minimum Gasteiger partial charge on any atom is -0.481 e. The lowest BCUT2D eigenvalue weighted by molar-refractivity contribution is -0.142. The Kier molecular flexibility index (Phi) is 5.25. The van der Waals surface area contributed by atoms with Crippen molar-refractivity contribution in [1.82, 2.24) is 4.98 Å². The van der Waals surface area contributed by atoms with E-state index in [1.54, 1.807) is 13.8 Å². The molecule has 0 amide bonds. The Bertz CT molecular complexity index is 484. The minimum atomic E-state index is -0.921. The third-order valence-electron chi connectivity index (χ3n) is 4.55. The topological polar surface area (TPSA) is 62.2 Å². The van der Waals surface area contributed by atoms with Crippen LogP contribution in [0.5, 0.6) is 0 Å². The molecule has 1 aliphatic carbocycles. The van der Waals surface area contributed by atoms with Crippen molar-refractivity contribution in [1.29, 1.82) is 0 Å². The van der Waals surface area contributed by atoms with Gasteiger partial charge < -0.3 is 10.4 Å². The molecule has 4 nitrogen and oxygen atoms in total. The summed E-state index contributed by atoms with van der Waals surface area (Å²) in [5.74, 6) is 0.860. The van der Waals surface area contributed by atoms with Crippen LogP contribution in [-0.2, 0) is 10.2 Å². The average Bonchev–Trinajstić information content (AvgIpc) is 2.88. The van der Waals surface area contributed by atoms with Crippen LogP contribution in [0.2, 0.25) is 0 Å². The van der Waals surface area contributed by atoms with Crippen molar-refractivity contribution in [3.05, 3.63) is 11.1 Å². The Labute approximate surface area is 131 Å². The summed E-state index contributed by atoms with van der Waals surface area (Å²) in [4.78, 5) is 15.7. The van der Waals surface area contributed by atoms with E-state index in [9.17, 15) is 9.90 Å². The Morgan fingerprint density at radius 3 is 2.95 bits per heavy atom. The quantitative estimate of drug-likeness (QED) is 0.829. The standard InChI is InChI=1S/C16H26N2O2S/c1-11-5-4-6-12(9-11)7-8-17-15-18-13(10-21-15)16(2,3)14(19)20/h10-12H,4-9H2,1-3H3,(H,17,18)(H,19,20). The summed E-state index contributed by atoms with van der Waals surface area (Å²) in [6.45, 7) is 6.66. The van der Waals surface area contributed by atoms with Gasteiger partial charge in [0.1, 0.15) is 5.41 Å². The van der Waals surface area contributed by atoms with E-state index < -0.39 is 11.4 Å². The lowest BCUT2D eigenvalue weighted by atomic mass is 9.81. The molecule has 1 aromatic heterocycles. The monoisotopic (exact) mass is 310 g/mol. The van der Waals surface area contributed by atoms with Crippen LogP contribution in [0.1, 0.15) is 58.6 Å². The van der Waals surface area contributed by atoms with Crippen molar-refractivity contribution in [2.45, 2.75) is 58.3 Å². The summed E-state index contributed by atoms with van der Waals surface area (Å²) in [5, 5.41) is 15.3. The van der Waals surface area contributed by atoms with E-state index in [-0.39, 0.29) is 0 Å². The summed E-state index contributed by atoms with van der Waals surface area (Å²) in [6.07, 6.45) is 6.61. The van der Waals surface area contributed by atoms with Gasteiger partial charge in [-0.2, -0.15) is 0 Å².